The number of piperidine rings is 1. The molecular weight excluding hydrogens is 208 g/mol. The van der Waals surface area contributed by atoms with Crippen LogP contribution in [0.2, 0.25) is 0 Å². The van der Waals surface area contributed by atoms with Crippen molar-refractivity contribution in [2.24, 2.45) is 11.8 Å². The first-order chi connectivity index (χ1) is 8.45. The highest BCUT2D eigenvalue weighted by molar-refractivity contribution is 5.51. The van der Waals surface area contributed by atoms with Gasteiger partial charge in [0.2, 0.25) is 0 Å². The van der Waals surface area contributed by atoms with E-state index in [0.717, 1.165) is 30.0 Å². The summed E-state index contributed by atoms with van der Waals surface area (Å²) in [6.45, 7) is 0. The van der Waals surface area contributed by atoms with Crippen LogP contribution in [0.3, 0.4) is 0 Å². The normalized spacial score (nSPS) is 46.1. The summed E-state index contributed by atoms with van der Waals surface area (Å²) in [4.78, 5) is 0. The van der Waals surface area contributed by atoms with E-state index in [1.165, 1.54) is 31.4 Å². The molecule has 1 saturated carbocycles. The number of para-hydroxylation sites is 1. The summed E-state index contributed by atoms with van der Waals surface area (Å²) >= 11 is 0. The molecule has 88 valence electrons. The predicted octanol–water partition coefficient (Wildman–Crippen LogP) is 2.66. The smallest absolute Gasteiger partial charge is 0.0545 e. The van der Waals surface area contributed by atoms with Gasteiger partial charge in [-0.05, 0) is 49.7 Å². The second-order valence-corrected chi connectivity index (χ2v) is 6.17. The molecule has 0 N–H and O–H groups in total. The number of anilines is 1. The standard InChI is InChI=1S/C15H18N2/c1-2-4-10(5-3-1)16-15-11-6-7-12(15)14-9-8-13(11)17(14)16/h1-5,11-15H,6-9H2. The number of nitrogens with zero attached hydrogens (tertiary/aromatic N) is 2. The Kier molecular flexibility index (Phi) is 1.51. The number of benzene rings is 1. The molecule has 3 saturated heterocycles. The molecule has 1 aromatic carbocycles. The van der Waals surface area contributed by atoms with Gasteiger partial charge in [0.15, 0.2) is 0 Å². The van der Waals surface area contributed by atoms with E-state index in [4.69, 9.17) is 0 Å². The van der Waals surface area contributed by atoms with Gasteiger partial charge in [0, 0.05) is 12.1 Å². The van der Waals surface area contributed by atoms with Gasteiger partial charge in [-0.25, -0.2) is 5.01 Å². The second-order valence-electron chi connectivity index (χ2n) is 6.17. The van der Waals surface area contributed by atoms with Crippen LogP contribution in [-0.4, -0.2) is 23.1 Å². The van der Waals surface area contributed by atoms with Gasteiger partial charge in [-0.2, -0.15) is 0 Å². The maximum Gasteiger partial charge on any atom is 0.0545 e. The Hall–Kier alpha value is -1.02. The molecule has 0 aromatic heterocycles. The number of fused-ring (bicyclic) bond motifs is 2. The number of hydrogen-bond donors (Lipinski definition) is 0. The average Bonchev–Trinajstić information content (AvgIpc) is 2.97. The fourth-order valence-electron chi connectivity index (χ4n) is 5.28. The quantitative estimate of drug-likeness (QED) is 0.726. The van der Waals surface area contributed by atoms with Crippen molar-refractivity contribution in [1.29, 1.82) is 0 Å². The molecule has 0 radical (unpaired) electrons. The summed E-state index contributed by atoms with van der Waals surface area (Å²) in [5.41, 5.74) is 1.43. The lowest BCUT2D eigenvalue weighted by Crippen LogP contribution is -2.39. The lowest BCUT2D eigenvalue weighted by Gasteiger charge is -2.29. The Bertz CT molecular complexity index is 413. The van der Waals surface area contributed by atoms with Crippen molar-refractivity contribution in [3.8, 4) is 0 Å². The van der Waals surface area contributed by atoms with Crippen molar-refractivity contribution in [2.75, 3.05) is 5.01 Å². The predicted molar refractivity (Wildman–Crippen MR) is 67.6 cm³/mol. The molecule has 2 heteroatoms. The molecule has 17 heavy (non-hydrogen) atoms. The van der Waals surface area contributed by atoms with Crippen LogP contribution in [0.5, 0.6) is 0 Å². The zero-order chi connectivity index (χ0) is 11.0. The number of hydrazine groups is 1. The third-order valence-electron chi connectivity index (χ3n) is 5.69. The van der Waals surface area contributed by atoms with Gasteiger partial charge in [-0.15, -0.1) is 0 Å². The van der Waals surface area contributed by atoms with E-state index >= 15 is 0 Å². The topological polar surface area (TPSA) is 6.48 Å². The molecule has 4 aliphatic rings. The molecule has 0 spiro atoms. The summed E-state index contributed by atoms with van der Waals surface area (Å²) in [5.74, 6) is 1.94. The van der Waals surface area contributed by atoms with Crippen LogP contribution < -0.4 is 5.01 Å². The van der Waals surface area contributed by atoms with Crippen molar-refractivity contribution in [3.05, 3.63) is 30.3 Å². The minimum absolute atomic E-state index is 0.842. The zero-order valence-electron chi connectivity index (χ0n) is 10.00. The minimum atomic E-state index is 0.842. The van der Waals surface area contributed by atoms with Gasteiger partial charge in [0.05, 0.1) is 11.7 Å². The molecule has 2 bridgehead atoms. The van der Waals surface area contributed by atoms with E-state index in [1.807, 2.05) is 0 Å². The van der Waals surface area contributed by atoms with Crippen LogP contribution in [-0.2, 0) is 0 Å². The van der Waals surface area contributed by atoms with E-state index < -0.39 is 0 Å². The average molecular weight is 226 g/mol. The fourth-order valence-corrected chi connectivity index (χ4v) is 5.28. The van der Waals surface area contributed by atoms with E-state index in [-0.39, 0.29) is 0 Å². The lowest BCUT2D eigenvalue weighted by atomic mass is 9.91. The zero-order valence-corrected chi connectivity index (χ0v) is 10.00. The van der Waals surface area contributed by atoms with Gasteiger partial charge in [0.1, 0.15) is 0 Å². The van der Waals surface area contributed by atoms with Crippen molar-refractivity contribution in [1.82, 2.24) is 5.01 Å². The molecule has 4 unspecified atom stereocenters. The first-order valence-electron chi connectivity index (χ1n) is 7.08. The number of hydrogen-bond acceptors (Lipinski definition) is 2. The van der Waals surface area contributed by atoms with E-state index in [0.29, 0.717) is 0 Å². The Morgan fingerprint density at radius 3 is 2.12 bits per heavy atom. The molecule has 3 heterocycles. The Morgan fingerprint density at radius 2 is 1.47 bits per heavy atom. The third kappa shape index (κ3) is 0.899. The van der Waals surface area contributed by atoms with Crippen molar-refractivity contribution >= 4 is 5.69 Å². The second kappa shape index (κ2) is 2.86. The van der Waals surface area contributed by atoms with Crippen LogP contribution in [0, 0.1) is 11.8 Å². The fraction of sp³-hybridized carbons (Fsp3) is 0.600. The van der Waals surface area contributed by atoms with Crippen LogP contribution in [0.15, 0.2) is 30.3 Å². The summed E-state index contributed by atoms with van der Waals surface area (Å²) in [6.07, 6.45) is 5.87. The van der Waals surface area contributed by atoms with Gasteiger partial charge in [-0.3, -0.25) is 0 Å². The molecule has 1 aliphatic carbocycles. The Balaban J connectivity index is 1.65. The van der Waals surface area contributed by atoms with Crippen LogP contribution in [0.1, 0.15) is 25.7 Å². The first kappa shape index (κ1) is 8.98. The molecule has 2 nitrogen and oxygen atoms in total. The van der Waals surface area contributed by atoms with Crippen LogP contribution in [0.4, 0.5) is 5.69 Å². The molecule has 5 rings (SSSR count). The van der Waals surface area contributed by atoms with Crippen LogP contribution in [0.25, 0.3) is 0 Å². The summed E-state index contributed by atoms with van der Waals surface area (Å²) in [6, 6.07) is 13.7. The van der Waals surface area contributed by atoms with Gasteiger partial charge in [-0.1, -0.05) is 18.2 Å². The number of rotatable bonds is 1. The summed E-state index contributed by atoms with van der Waals surface area (Å²) in [5, 5.41) is 5.44. The minimum Gasteiger partial charge on any atom is -0.302 e. The molecule has 4 atom stereocenters. The van der Waals surface area contributed by atoms with E-state index in [1.54, 1.807) is 0 Å². The first-order valence-corrected chi connectivity index (χ1v) is 7.08. The lowest BCUT2D eigenvalue weighted by molar-refractivity contribution is 0.201. The molecule has 1 aromatic rings. The molecule has 0 amide bonds. The molecule has 3 aliphatic heterocycles. The highest BCUT2D eigenvalue weighted by Crippen LogP contribution is 2.60. The maximum atomic E-state index is 2.77. The highest BCUT2D eigenvalue weighted by atomic mass is 15.7. The van der Waals surface area contributed by atoms with Crippen molar-refractivity contribution in [3.63, 3.8) is 0 Å². The van der Waals surface area contributed by atoms with E-state index in [2.05, 4.69) is 40.3 Å². The van der Waals surface area contributed by atoms with Gasteiger partial charge < -0.3 is 5.01 Å². The SMILES string of the molecule is c1ccc(N2C3C4CCC3C3CCC4N32)cc1. The van der Waals surface area contributed by atoms with Gasteiger partial charge >= 0.3 is 0 Å². The largest absolute Gasteiger partial charge is 0.302 e. The van der Waals surface area contributed by atoms with Gasteiger partial charge in [0.25, 0.3) is 0 Å². The molecular formula is C15H18N2. The Labute approximate surface area is 102 Å². The third-order valence-corrected chi connectivity index (χ3v) is 5.69. The monoisotopic (exact) mass is 226 g/mol. The summed E-state index contributed by atoms with van der Waals surface area (Å²) in [7, 11) is 0. The van der Waals surface area contributed by atoms with E-state index in [9.17, 15) is 0 Å². The molecule has 4 fully saturated rings. The maximum absolute atomic E-state index is 2.77. The Morgan fingerprint density at radius 1 is 0.824 bits per heavy atom. The van der Waals surface area contributed by atoms with Crippen LogP contribution >= 0.6 is 0 Å². The van der Waals surface area contributed by atoms with Crippen molar-refractivity contribution in [2.45, 2.75) is 43.8 Å². The summed E-state index contributed by atoms with van der Waals surface area (Å²) < 4.78 is 0. The highest BCUT2D eigenvalue weighted by Gasteiger charge is 2.66. The van der Waals surface area contributed by atoms with Crippen molar-refractivity contribution < 1.29 is 0 Å².